The van der Waals surface area contributed by atoms with Gasteiger partial charge in [-0.15, -0.1) is 11.8 Å². The Balaban J connectivity index is 1.79. The van der Waals surface area contributed by atoms with Crippen molar-refractivity contribution in [1.82, 2.24) is 5.32 Å². The Morgan fingerprint density at radius 1 is 1.15 bits per heavy atom. The standard InChI is InChI=1S/C17H14F3NO3S2/c18-11-3-6-15-13(9-11)14(7-8-25-15)21-16(22)10-1-4-12(5-2-10)26(23,24)17(19)20/h1-6,9,14,17H,7-8H2,(H,21,22). The highest BCUT2D eigenvalue weighted by molar-refractivity contribution is 7.99. The molecule has 1 heterocycles. The summed E-state index contributed by atoms with van der Waals surface area (Å²) < 4.78 is 61.4. The van der Waals surface area contributed by atoms with Crippen LogP contribution in [0.15, 0.2) is 52.3 Å². The van der Waals surface area contributed by atoms with Crippen LogP contribution in [0.5, 0.6) is 0 Å². The number of alkyl halides is 2. The molecule has 4 nitrogen and oxygen atoms in total. The number of sulfone groups is 1. The van der Waals surface area contributed by atoms with Crippen LogP contribution >= 0.6 is 11.8 Å². The normalized spacial score (nSPS) is 17.0. The number of benzene rings is 2. The summed E-state index contributed by atoms with van der Waals surface area (Å²) in [4.78, 5) is 12.7. The zero-order valence-electron chi connectivity index (χ0n) is 13.3. The fourth-order valence-electron chi connectivity index (χ4n) is 2.66. The largest absolute Gasteiger partial charge is 0.345 e. The van der Waals surface area contributed by atoms with Gasteiger partial charge in [-0.1, -0.05) is 0 Å². The van der Waals surface area contributed by atoms with Crippen LogP contribution in [-0.4, -0.2) is 25.8 Å². The van der Waals surface area contributed by atoms with Gasteiger partial charge in [0, 0.05) is 16.2 Å². The Labute approximate surface area is 152 Å². The zero-order valence-corrected chi connectivity index (χ0v) is 14.9. The highest BCUT2D eigenvalue weighted by Gasteiger charge is 2.27. The maximum Gasteiger partial charge on any atom is 0.341 e. The van der Waals surface area contributed by atoms with Crippen LogP contribution in [0.4, 0.5) is 13.2 Å². The van der Waals surface area contributed by atoms with E-state index in [0.717, 1.165) is 22.8 Å². The molecule has 1 unspecified atom stereocenters. The van der Waals surface area contributed by atoms with E-state index >= 15 is 0 Å². The van der Waals surface area contributed by atoms with Crippen LogP contribution in [0.25, 0.3) is 0 Å². The lowest BCUT2D eigenvalue weighted by atomic mass is 10.0. The van der Waals surface area contributed by atoms with E-state index < -0.39 is 32.2 Å². The summed E-state index contributed by atoms with van der Waals surface area (Å²) in [6.07, 6.45) is 0.616. The van der Waals surface area contributed by atoms with Crippen molar-refractivity contribution in [2.24, 2.45) is 0 Å². The number of rotatable bonds is 4. The number of fused-ring (bicyclic) bond motifs is 1. The number of carbonyl (C=O) groups excluding carboxylic acids is 1. The zero-order chi connectivity index (χ0) is 18.9. The van der Waals surface area contributed by atoms with Gasteiger partial charge in [0.05, 0.1) is 10.9 Å². The molecule has 0 bridgehead atoms. The van der Waals surface area contributed by atoms with Crippen molar-refractivity contribution in [2.45, 2.75) is 28.0 Å². The molecule has 0 aliphatic carbocycles. The fraction of sp³-hybridized carbons (Fsp3) is 0.235. The van der Waals surface area contributed by atoms with Crippen molar-refractivity contribution in [3.05, 3.63) is 59.4 Å². The maximum absolute atomic E-state index is 13.5. The van der Waals surface area contributed by atoms with Gasteiger partial charge in [-0.05, 0) is 54.4 Å². The number of hydrogen-bond acceptors (Lipinski definition) is 4. The SMILES string of the molecule is O=C(NC1CCSc2ccc(F)cc21)c1ccc(S(=O)(=O)C(F)F)cc1. The molecular weight excluding hydrogens is 387 g/mol. The molecule has 1 atom stereocenters. The molecule has 1 amide bonds. The van der Waals surface area contributed by atoms with E-state index in [-0.39, 0.29) is 11.6 Å². The molecule has 0 saturated heterocycles. The van der Waals surface area contributed by atoms with E-state index in [1.807, 2.05) is 0 Å². The van der Waals surface area contributed by atoms with Gasteiger partial charge in [-0.2, -0.15) is 8.78 Å². The number of amides is 1. The van der Waals surface area contributed by atoms with Gasteiger partial charge in [-0.25, -0.2) is 12.8 Å². The van der Waals surface area contributed by atoms with E-state index in [1.54, 1.807) is 17.8 Å². The lowest BCUT2D eigenvalue weighted by Gasteiger charge is -2.26. The number of thioether (sulfide) groups is 1. The molecule has 0 spiro atoms. The molecule has 0 radical (unpaired) electrons. The number of nitrogens with one attached hydrogen (secondary N) is 1. The Hall–Kier alpha value is -2.00. The molecule has 1 aliphatic heterocycles. The summed E-state index contributed by atoms with van der Waals surface area (Å²) in [6.45, 7) is 0. The minimum atomic E-state index is -4.70. The summed E-state index contributed by atoms with van der Waals surface area (Å²) in [7, 11) is -4.70. The quantitative estimate of drug-likeness (QED) is 0.847. The predicted octanol–water partition coefficient (Wildman–Crippen LogP) is 3.79. The van der Waals surface area contributed by atoms with E-state index in [0.29, 0.717) is 12.0 Å². The Morgan fingerprint density at radius 3 is 2.50 bits per heavy atom. The number of carbonyl (C=O) groups is 1. The summed E-state index contributed by atoms with van der Waals surface area (Å²) in [5, 5.41) is 2.78. The van der Waals surface area contributed by atoms with Gasteiger partial charge < -0.3 is 5.32 Å². The highest BCUT2D eigenvalue weighted by atomic mass is 32.2. The maximum atomic E-state index is 13.5. The summed E-state index contributed by atoms with van der Waals surface area (Å²) in [6, 6.07) is 8.32. The van der Waals surface area contributed by atoms with Gasteiger partial charge in [-0.3, -0.25) is 4.79 Å². The lowest BCUT2D eigenvalue weighted by molar-refractivity contribution is 0.0934. The van der Waals surface area contributed by atoms with Gasteiger partial charge in [0.25, 0.3) is 5.91 Å². The third-order valence-corrected chi connectivity index (χ3v) is 6.52. The van der Waals surface area contributed by atoms with Crippen molar-refractivity contribution in [3.8, 4) is 0 Å². The number of hydrogen-bond donors (Lipinski definition) is 1. The monoisotopic (exact) mass is 401 g/mol. The van der Waals surface area contributed by atoms with E-state index in [9.17, 15) is 26.4 Å². The van der Waals surface area contributed by atoms with Crippen LogP contribution < -0.4 is 5.32 Å². The van der Waals surface area contributed by atoms with Gasteiger partial charge in [0.15, 0.2) is 0 Å². The second-order valence-corrected chi connectivity index (χ2v) is 8.73. The summed E-state index contributed by atoms with van der Waals surface area (Å²) >= 11 is 1.58. The van der Waals surface area contributed by atoms with Crippen LogP contribution in [0.1, 0.15) is 28.4 Å². The first-order chi connectivity index (χ1) is 12.3. The molecule has 0 aromatic heterocycles. The smallest absolute Gasteiger partial charge is 0.341 e. The molecule has 1 N–H and O–H groups in total. The third-order valence-electron chi connectivity index (χ3n) is 4.00. The molecule has 0 fully saturated rings. The highest BCUT2D eigenvalue weighted by Crippen LogP contribution is 2.36. The molecule has 2 aromatic rings. The molecule has 3 rings (SSSR count). The van der Waals surface area contributed by atoms with Gasteiger partial charge in [0.2, 0.25) is 9.84 Å². The molecule has 138 valence electrons. The van der Waals surface area contributed by atoms with E-state index in [1.165, 1.54) is 24.3 Å². The topological polar surface area (TPSA) is 63.2 Å². The van der Waals surface area contributed by atoms with Crippen molar-refractivity contribution < 1.29 is 26.4 Å². The Kier molecular flexibility index (Phi) is 5.29. The van der Waals surface area contributed by atoms with Crippen molar-refractivity contribution >= 4 is 27.5 Å². The molecule has 0 saturated carbocycles. The number of halogens is 3. The second-order valence-electron chi connectivity index (χ2n) is 5.68. The first-order valence-electron chi connectivity index (χ1n) is 7.64. The van der Waals surface area contributed by atoms with E-state index in [2.05, 4.69) is 5.32 Å². The summed E-state index contributed by atoms with van der Waals surface area (Å²) in [5.74, 6) is -3.65. The molecule has 9 heteroatoms. The second kappa shape index (κ2) is 7.32. The minimum absolute atomic E-state index is 0.134. The Bertz CT molecular complexity index is 931. The molecule has 2 aromatic carbocycles. The lowest BCUT2D eigenvalue weighted by Crippen LogP contribution is -2.30. The van der Waals surface area contributed by atoms with Gasteiger partial charge in [0.1, 0.15) is 5.82 Å². The van der Waals surface area contributed by atoms with E-state index in [4.69, 9.17) is 0 Å². The molecule has 1 aliphatic rings. The van der Waals surface area contributed by atoms with Crippen LogP contribution in [0.2, 0.25) is 0 Å². The van der Waals surface area contributed by atoms with Crippen molar-refractivity contribution in [1.29, 1.82) is 0 Å². The summed E-state index contributed by atoms with van der Waals surface area (Å²) in [5.41, 5.74) is 0.820. The van der Waals surface area contributed by atoms with Crippen LogP contribution in [0, 0.1) is 5.82 Å². The average molecular weight is 401 g/mol. The fourth-order valence-corrected chi connectivity index (χ4v) is 4.48. The Morgan fingerprint density at radius 2 is 1.85 bits per heavy atom. The first kappa shape index (κ1) is 18.8. The predicted molar refractivity (Wildman–Crippen MR) is 91.6 cm³/mol. The van der Waals surface area contributed by atoms with Gasteiger partial charge >= 0.3 is 5.76 Å². The van der Waals surface area contributed by atoms with Crippen molar-refractivity contribution in [3.63, 3.8) is 0 Å². The minimum Gasteiger partial charge on any atom is -0.345 e. The van der Waals surface area contributed by atoms with Crippen LogP contribution in [0.3, 0.4) is 0 Å². The third kappa shape index (κ3) is 3.73. The van der Waals surface area contributed by atoms with Crippen LogP contribution in [-0.2, 0) is 9.84 Å². The molecule has 26 heavy (non-hydrogen) atoms. The first-order valence-corrected chi connectivity index (χ1v) is 10.2. The average Bonchev–Trinajstić information content (AvgIpc) is 2.62. The molecular formula is C17H14F3NO3S2. The van der Waals surface area contributed by atoms with Crippen molar-refractivity contribution in [2.75, 3.05) is 5.75 Å².